The third-order valence-corrected chi connectivity index (χ3v) is 3.51. The lowest BCUT2D eigenvalue weighted by molar-refractivity contribution is 0.328. The van der Waals surface area contributed by atoms with Crippen LogP contribution in [0.15, 0.2) is 18.2 Å². The van der Waals surface area contributed by atoms with Crippen LogP contribution < -0.4 is 10.5 Å². The number of rotatable bonds is 9. The predicted molar refractivity (Wildman–Crippen MR) is 81.9 cm³/mol. The van der Waals surface area contributed by atoms with Crippen molar-refractivity contribution in [3.8, 4) is 5.75 Å². The molecule has 0 bridgehead atoms. The predicted octanol–water partition coefficient (Wildman–Crippen LogP) is 2.47. The Bertz CT molecular complexity index is 366. The third kappa shape index (κ3) is 5.62. The zero-order valence-electron chi connectivity index (χ0n) is 12.6. The van der Waals surface area contributed by atoms with Crippen molar-refractivity contribution in [1.82, 2.24) is 4.90 Å². The Hall–Kier alpha value is -1.06. The molecule has 0 amide bonds. The number of benzene rings is 1. The number of ether oxygens (including phenoxy) is 1. The molecular weight excluding hydrogens is 236 g/mol. The summed E-state index contributed by atoms with van der Waals surface area (Å²) in [5.41, 5.74) is 8.20. The van der Waals surface area contributed by atoms with Gasteiger partial charge in [-0.1, -0.05) is 19.1 Å². The van der Waals surface area contributed by atoms with Gasteiger partial charge in [-0.25, -0.2) is 0 Å². The second-order valence-corrected chi connectivity index (χ2v) is 5.05. The van der Waals surface area contributed by atoms with E-state index < -0.39 is 0 Å². The minimum atomic E-state index is 0.792. The maximum Gasteiger partial charge on any atom is 0.122 e. The van der Waals surface area contributed by atoms with E-state index in [9.17, 15) is 0 Å². The number of hydrogen-bond donors (Lipinski definition) is 1. The maximum absolute atomic E-state index is 5.51. The molecule has 2 N–H and O–H groups in total. The Labute approximate surface area is 117 Å². The number of nitrogens with two attached hydrogens (primary N) is 1. The van der Waals surface area contributed by atoms with E-state index in [1.54, 1.807) is 7.11 Å². The molecule has 0 aliphatic heterocycles. The van der Waals surface area contributed by atoms with Gasteiger partial charge in [0.05, 0.1) is 7.11 Å². The summed E-state index contributed by atoms with van der Waals surface area (Å²) in [4.78, 5) is 2.37. The first-order chi connectivity index (χ1) is 9.21. The minimum absolute atomic E-state index is 0.792. The first-order valence-electron chi connectivity index (χ1n) is 7.25. The number of methoxy groups -OCH3 is 1. The third-order valence-electron chi connectivity index (χ3n) is 3.51. The lowest BCUT2D eigenvalue weighted by Crippen LogP contribution is -2.23. The van der Waals surface area contributed by atoms with E-state index in [2.05, 4.69) is 37.1 Å². The van der Waals surface area contributed by atoms with E-state index in [0.29, 0.717) is 0 Å². The van der Waals surface area contributed by atoms with E-state index in [1.807, 2.05) is 0 Å². The number of unbranched alkanes of at least 4 members (excludes halogenated alkanes) is 1. The van der Waals surface area contributed by atoms with Gasteiger partial charge >= 0.3 is 0 Å². The van der Waals surface area contributed by atoms with Crippen LogP contribution in [0.3, 0.4) is 0 Å². The fourth-order valence-corrected chi connectivity index (χ4v) is 2.20. The van der Waals surface area contributed by atoms with Crippen molar-refractivity contribution in [1.29, 1.82) is 0 Å². The Morgan fingerprint density at radius 1 is 1.21 bits per heavy atom. The van der Waals surface area contributed by atoms with E-state index in [4.69, 9.17) is 10.5 Å². The first-order valence-corrected chi connectivity index (χ1v) is 7.25. The summed E-state index contributed by atoms with van der Waals surface area (Å²) in [5.74, 6) is 1.01. The van der Waals surface area contributed by atoms with Gasteiger partial charge in [0.25, 0.3) is 0 Å². The van der Waals surface area contributed by atoms with Crippen molar-refractivity contribution in [2.45, 2.75) is 32.6 Å². The lowest BCUT2D eigenvalue weighted by Gasteiger charge is -2.17. The highest BCUT2D eigenvalue weighted by atomic mass is 16.5. The smallest absolute Gasteiger partial charge is 0.122 e. The van der Waals surface area contributed by atoms with Crippen LogP contribution >= 0.6 is 0 Å². The van der Waals surface area contributed by atoms with Gasteiger partial charge in [0.2, 0.25) is 0 Å². The molecule has 0 aliphatic rings. The fraction of sp³-hybridized carbons (Fsp3) is 0.625. The zero-order chi connectivity index (χ0) is 14.1. The Morgan fingerprint density at radius 2 is 2.00 bits per heavy atom. The average Bonchev–Trinajstić information content (AvgIpc) is 2.45. The van der Waals surface area contributed by atoms with Gasteiger partial charge in [-0.3, -0.25) is 0 Å². The summed E-state index contributed by atoms with van der Waals surface area (Å²) in [6.07, 6.45) is 4.40. The van der Waals surface area contributed by atoms with Gasteiger partial charge in [0, 0.05) is 6.54 Å². The summed E-state index contributed by atoms with van der Waals surface area (Å²) >= 11 is 0. The van der Waals surface area contributed by atoms with Crippen LogP contribution in [0.1, 0.15) is 30.9 Å². The summed E-state index contributed by atoms with van der Waals surface area (Å²) in [6, 6.07) is 6.50. The van der Waals surface area contributed by atoms with Gasteiger partial charge in [0.1, 0.15) is 5.75 Å². The van der Waals surface area contributed by atoms with Crippen molar-refractivity contribution in [3.05, 3.63) is 29.3 Å². The Morgan fingerprint density at radius 3 is 2.63 bits per heavy atom. The number of hydrogen-bond acceptors (Lipinski definition) is 3. The number of aryl methyl sites for hydroxylation is 1. The van der Waals surface area contributed by atoms with Crippen LogP contribution in [-0.2, 0) is 12.8 Å². The molecule has 0 spiro atoms. The van der Waals surface area contributed by atoms with E-state index in [-0.39, 0.29) is 0 Å². The topological polar surface area (TPSA) is 38.5 Å². The summed E-state index contributed by atoms with van der Waals surface area (Å²) < 4.78 is 5.44. The molecule has 0 fully saturated rings. The molecule has 0 saturated heterocycles. The normalized spacial score (nSPS) is 11.0. The number of nitrogens with zero attached hydrogens (tertiary/aromatic N) is 1. The molecule has 1 aromatic rings. The van der Waals surface area contributed by atoms with Gasteiger partial charge in [-0.2, -0.15) is 0 Å². The van der Waals surface area contributed by atoms with E-state index in [0.717, 1.165) is 44.6 Å². The molecule has 0 radical (unpaired) electrons. The molecule has 1 rings (SSSR count). The van der Waals surface area contributed by atoms with Crippen molar-refractivity contribution in [3.63, 3.8) is 0 Å². The molecule has 0 aliphatic carbocycles. The number of likely N-dealkylation sites (N-methyl/N-ethyl adjacent to an activating group) is 1. The second kappa shape index (κ2) is 8.94. The quantitative estimate of drug-likeness (QED) is 0.696. The lowest BCUT2D eigenvalue weighted by atomic mass is 10.0. The van der Waals surface area contributed by atoms with E-state index >= 15 is 0 Å². The first kappa shape index (κ1) is 16.0. The monoisotopic (exact) mass is 264 g/mol. The summed E-state index contributed by atoms with van der Waals surface area (Å²) in [5, 5.41) is 0. The van der Waals surface area contributed by atoms with Crippen LogP contribution in [-0.4, -0.2) is 38.7 Å². The van der Waals surface area contributed by atoms with Crippen LogP contribution in [0.5, 0.6) is 5.75 Å². The fourth-order valence-electron chi connectivity index (χ4n) is 2.20. The Balaban J connectivity index is 2.51. The molecule has 0 unspecified atom stereocenters. The molecule has 0 heterocycles. The average molecular weight is 264 g/mol. The van der Waals surface area contributed by atoms with Crippen LogP contribution in [0.2, 0.25) is 0 Å². The molecule has 3 heteroatoms. The SMILES string of the molecule is CCc1ccc(OC)c(CCN(C)CCCCN)c1. The van der Waals surface area contributed by atoms with Gasteiger partial charge < -0.3 is 15.4 Å². The van der Waals surface area contributed by atoms with Crippen molar-refractivity contribution in [2.75, 3.05) is 33.8 Å². The highest BCUT2D eigenvalue weighted by Gasteiger charge is 2.06. The van der Waals surface area contributed by atoms with E-state index in [1.165, 1.54) is 17.5 Å². The van der Waals surface area contributed by atoms with Crippen LogP contribution in [0.4, 0.5) is 0 Å². The van der Waals surface area contributed by atoms with Gasteiger partial charge in [-0.15, -0.1) is 0 Å². The minimum Gasteiger partial charge on any atom is -0.496 e. The van der Waals surface area contributed by atoms with Crippen LogP contribution in [0, 0.1) is 0 Å². The Kier molecular flexibility index (Phi) is 7.53. The molecule has 1 aromatic carbocycles. The van der Waals surface area contributed by atoms with Gasteiger partial charge in [0.15, 0.2) is 0 Å². The largest absolute Gasteiger partial charge is 0.496 e. The van der Waals surface area contributed by atoms with Crippen molar-refractivity contribution in [2.24, 2.45) is 5.73 Å². The highest BCUT2D eigenvalue weighted by molar-refractivity contribution is 5.37. The van der Waals surface area contributed by atoms with Crippen LogP contribution in [0.25, 0.3) is 0 Å². The van der Waals surface area contributed by atoms with Crippen molar-refractivity contribution < 1.29 is 4.74 Å². The highest BCUT2D eigenvalue weighted by Crippen LogP contribution is 2.21. The molecule has 108 valence electrons. The summed E-state index contributed by atoms with van der Waals surface area (Å²) in [6.45, 7) is 5.16. The maximum atomic E-state index is 5.51. The molecule has 0 aromatic heterocycles. The molecule has 0 atom stereocenters. The van der Waals surface area contributed by atoms with Crippen molar-refractivity contribution >= 4 is 0 Å². The molecule has 0 saturated carbocycles. The second-order valence-electron chi connectivity index (χ2n) is 5.05. The molecular formula is C16H28N2O. The molecule has 3 nitrogen and oxygen atoms in total. The van der Waals surface area contributed by atoms with Gasteiger partial charge in [-0.05, 0) is 63.0 Å². The summed E-state index contributed by atoms with van der Waals surface area (Å²) in [7, 11) is 3.92. The zero-order valence-corrected chi connectivity index (χ0v) is 12.6. The standard InChI is InChI=1S/C16H28N2O/c1-4-14-7-8-16(19-3)15(13-14)9-12-18(2)11-6-5-10-17/h7-8,13H,4-6,9-12,17H2,1-3H3. The molecule has 19 heavy (non-hydrogen) atoms.